The second-order valence-corrected chi connectivity index (χ2v) is 5.75. The summed E-state index contributed by atoms with van der Waals surface area (Å²) in [6.45, 7) is 1.35. The van der Waals surface area contributed by atoms with Crippen molar-refractivity contribution < 1.29 is 18.4 Å². The minimum Gasteiger partial charge on any atom is -0.339 e. The van der Waals surface area contributed by atoms with Gasteiger partial charge in [-0.2, -0.15) is 0 Å². The molecule has 1 aromatic carbocycles. The van der Waals surface area contributed by atoms with E-state index in [1.165, 1.54) is 21.1 Å². The number of nitrogens with one attached hydrogen (secondary N) is 1. The molecule has 17 heavy (non-hydrogen) atoms. The van der Waals surface area contributed by atoms with Crippen molar-refractivity contribution in [3.63, 3.8) is 0 Å². The molecule has 0 spiro atoms. The Labute approximate surface area is 101 Å². The maximum Gasteiger partial charge on any atom is 0.356 e. The van der Waals surface area contributed by atoms with E-state index in [-0.39, 0.29) is 5.91 Å². The molecular formula is C11H16NO4P. The molecule has 1 aromatic rings. The highest BCUT2D eigenvalue weighted by Crippen LogP contribution is 2.58. The van der Waals surface area contributed by atoms with E-state index in [1.807, 2.05) is 6.07 Å². The van der Waals surface area contributed by atoms with E-state index < -0.39 is 13.4 Å². The zero-order valence-electron chi connectivity index (χ0n) is 10.0. The highest BCUT2D eigenvalue weighted by molar-refractivity contribution is 7.54. The van der Waals surface area contributed by atoms with Crippen LogP contribution in [0.1, 0.15) is 18.3 Å². The molecule has 0 heterocycles. The van der Waals surface area contributed by atoms with Gasteiger partial charge in [0.15, 0.2) is 5.78 Å². The van der Waals surface area contributed by atoms with E-state index in [1.54, 1.807) is 24.3 Å². The van der Waals surface area contributed by atoms with Crippen molar-refractivity contribution in [1.29, 1.82) is 0 Å². The van der Waals surface area contributed by atoms with Crippen molar-refractivity contribution in [2.24, 2.45) is 0 Å². The number of amides is 1. The zero-order valence-corrected chi connectivity index (χ0v) is 10.9. The largest absolute Gasteiger partial charge is 0.356 e. The molecule has 1 amide bonds. The zero-order chi connectivity index (χ0) is 12.9. The van der Waals surface area contributed by atoms with Crippen LogP contribution in [0.15, 0.2) is 30.3 Å². The average Bonchev–Trinajstić information content (AvgIpc) is 2.36. The van der Waals surface area contributed by atoms with Crippen LogP contribution in [0.25, 0.3) is 0 Å². The monoisotopic (exact) mass is 257 g/mol. The Balaban J connectivity index is 3.12. The molecule has 0 aliphatic rings. The van der Waals surface area contributed by atoms with E-state index in [0.29, 0.717) is 5.56 Å². The van der Waals surface area contributed by atoms with Crippen molar-refractivity contribution in [2.45, 2.75) is 12.7 Å². The summed E-state index contributed by atoms with van der Waals surface area (Å²) in [5, 5.41) is 2.59. The van der Waals surface area contributed by atoms with Gasteiger partial charge in [0.1, 0.15) is 0 Å². The molecule has 0 radical (unpaired) electrons. The molecule has 1 atom stereocenters. The lowest BCUT2D eigenvalue weighted by Crippen LogP contribution is -2.26. The van der Waals surface area contributed by atoms with Crippen molar-refractivity contribution in [3.05, 3.63) is 35.9 Å². The lowest BCUT2D eigenvalue weighted by Gasteiger charge is -2.25. The van der Waals surface area contributed by atoms with Gasteiger partial charge < -0.3 is 14.4 Å². The van der Waals surface area contributed by atoms with Gasteiger partial charge in [0.25, 0.3) is 0 Å². The van der Waals surface area contributed by atoms with Crippen LogP contribution in [0.3, 0.4) is 0 Å². The highest BCUT2D eigenvalue weighted by Gasteiger charge is 2.35. The van der Waals surface area contributed by atoms with Crippen LogP contribution in [0.5, 0.6) is 0 Å². The normalized spacial score (nSPS) is 13.1. The molecule has 0 aliphatic heterocycles. The number of hydrogen-bond donors (Lipinski definition) is 1. The van der Waals surface area contributed by atoms with Gasteiger partial charge in [0.2, 0.25) is 5.91 Å². The summed E-state index contributed by atoms with van der Waals surface area (Å²) in [5.41, 5.74) is 0.676. The molecule has 5 nitrogen and oxygen atoms in total. The maximum atomic E-state index is 12.3. The molecule has 1 rings (SSSR count). The topological polar surface area (TPSA) is 64.6 Å². The molecule has 0 aliphatic carbocycles. The van der Waals surface area contributed by atoms with Crippen LogP contribution >= 0.6 is 7.60 Å². The van der Waals surface area contributed by atoms with Crippen molar-refractivity contribution in [2.75, 3.05) is 14.2 Å². The summed E-state index contributed by atoms with van der Waals surface area (Å²) in [7, 11) is -0.812. The fraction of sp³-hybridized carbons (Fsp3) is 0.364. The van der Waals surface area contributed by atoms with Gasteiger partial charge in [-0.25, -0.2) is 0 Å². The molecule has 1 unspecified atom stereocenters. The summed E-state index contributed by atoms with van der Waals surface area (Å²) in [6, 6.07) is 8.93. The maximum absolute atomic E-state index is 12.3. The van der Waals surface area contributed by atoms with Crippen LogP contribution in [0, 0.1) is 0 Å². The molecular weight excluding hydrogens is 241 g/mol. The van der Waals surface area contributed by atoms with Crippen molar-refractivity contribution >= 4 is 13.5 Å². The summed E-state index contributed by atoms with van der Waals surface area (Å²) in [6.07, 6.45) is 0. The average molecular weight is 257 g/mol. The number of hydrogen-bond acceptors (Lipinski definition) is 4. The molecule has 94 valence electrons. The number of carbonyl (C=O) groups is 1. The second kappa shape index (κ2) is 5.96. The Kier molecular flexibility index (Phi) is 4.87. The summed E-state index contributed by atoms with van der Waals surface area (Å²) >= 11 is 0. The Bertz CT molecular complexity index is 413. The van der Waals surface area contributed by atoms with E-state index in [9.17, 15) is 9.36 Å². The van der Waals surface area contributed by atoms with Gasteiger partial charge in [-0.1, -0.05) is 30.3 Å². The third kappa shape index (κ3) is 3.40. The molecule has 0 saturated heterocycles. The SMILES string of the molecule is COP(=O)(OC)C(NC(C)=O)c1ccccc1. The first-order valence-electron chi connectivity index (χ1n) is 5.06. The second-order valence-electron chi connectivity index (χ2n) is 3.42. The van der Waals surface area contributed by atoms with E-state index >= 15 is 0 Å². The number of carbonyl (C=O) groups excluding carboxylic acids is 1. The summed E-state index contributed by atoms with van der Waals surface area (Å²) in [4.78, 5) is 11.2. The highest BCUT2D eigenvalue weighted by atomic mass is 31.2. The molecule has 6 heteroatoms. The van der Waals surface area contributed by atoms with Gasteiger partial charge in [0.05, 0.1) is 0 Å². The Morgan fingerprint density at radius 1 is 1.24 bits per heavy atom. The lowest BCUT2D eigenvalue weighted by molar-refractivity contribution is -0.119. The predicted octanol–water partition coefficient (Wildman–Crippen LogP) is 2.31. The molecule has 1 N–H and O–H groups in total. The van der Waals surface area contributed by atoms with Crippen LogP contribution in [-0.4, -0.2) is 20.1 Å². The van der Waals surface area contributed by atoms with Gasteiger partial charge in [-0.05, 0) is 5.56 Å². The first kappa shape index (κ1) is 13.9. The number of benzene rings is 1. The third-order valence-electron chi connectivity index (χ3n) is 2.28. The lowest BCUT2D eigenvalue weighted by atomic mass is 10.2. The van der Waals surface area contributed by atoms with E-state index in [4.69, 9.17) is 9.05 Å². The molecule has 0 fully saturated rings. The predicted molar refractivity (Wildman–Crippen MR) is 64.6 cm³/mol. The Morgan fingerprint density at radius 2 is 1.76 bits per heavy atom. The number of rotatable bonds is 5. The smallest absolute Gasteiger partial charge is 0.339 e. The minimum atomic E-state index is -3.40. The standard InChI is InChI=1S/C11H16NO4P/c1-9(13)12-11(17(14,15-2)16-3)10-7-5-4-6-8-10/h4-8,11H,1-3H3,(H,12,13). The van der Waals surface area contributed by atoms with Crippen molar-refractivity contribution in [3.8, 4) is 0 Å². The Hall–Kier alpha value is -1.16. The van der Waals surface area contributed by atoms with Crippen LogP contribution in [-0.2, 0) is 18.4 Å². The summed E-state index contributed by atoms with van der Waals surface area (Å²) in [5.74, 6) is -1.09. The van der Waals surface area contributed by atoms with E-state index in [2.05, 4.69) is 5.32 Å². The first-order valence-corrected chi connectivity index (χ1v) is 6.68. The van der Waals surface area contributed by atoms with Gasteiger partial charge >= 0.3 is 7.60 Å². The van der Waals surface area contributed by atoms with Crippen LogP contribution in [0.2, 0.25) is 0 Å². The van der Waals surface area contributed by atoms with Crippen LogP contribution in [0.4, 0.5) is 0 Å². The minimum absolute atomic E-state index is 0.298. The van der Waals surface area contributed by atoms with Gasteiger partial charge in [-0.3, -0.25) is 9.36 Å². The van der Waals surface area contributed by atoms with E-state index in [0.717, 1.165) is 0 Å². The summed E-state index contributed by atoms with van der Waals surface area (Å²) < 4.78 is 22.2. The van der Waals surface area contributed by atoms with Crippen molar-refractivity contribution in [1.82, 2.24) is 5.32 Å². The third-order valence-corrected chi connectivity index (χ3v) is 4.36. The molecule has 0 aromatic heterocycles. The fourth-order valence-electron chi connectivity index (χ4n) is 1.46. The van der Waals surface area contributed by atoms with Gasteiger partial charge in [-0.15, -0.1) is 0 Å². The fourth-order valence-corrected chi connectivity index (χ4v) is 2.91. The quantitative estimate of drug-likeness (QED) is 0.822. The first-order chi connectivity index (χ1) is 8.03. The van der Waals surface area contributed by atoms with Crippen LogP contribution < -0.4 is 5.32 Å². The Morgan fingerprint density at radius 3 is 2.18 bits per heavy atom. The molecule has 0 bridgehead atoms. The molecule has 0 saturated carbocycles. The van der Waals surface area contributed by atoms with Gasteiger partial charge in [0, 0.05) is 21.1 Å².